The van der Waals surface area contributed by atoms with Gasteiger partial charge in [-0.15, -0.1) is 0 Å². The topological polar surface area (TPSA) is 89.2 Å². The summed E-state index contributed by atoms with van der Waals surface area (Å²) >= 11 is 0. The second kappa shape index (κ2) is 6.29. The molecule has 0 radical (unpaired) electrons. The van der Waals surface area contributed by atoms with Crippen molar-refractivity contribution >= 4 is 33.9 Å². The summed E-state index contributed by atoms with van der Waals surface area (Å²) in [5.41, 5.74) is 8.60. The number of benzene rings is 1. The highest BCUT2D eigenvalue weighted by molar-refractivity contribution is 5.93. The van der Waals surface area contributed by atoms with Crippen molar-refractivity contribution in [3.05, 3.63) is 42.9 Å². The molecule has 1 fully saturated rings. The third kappa shape index (κ3) is 2.69. The second-order valence-corrected chi connectivity index (χ2v) is 5.56. The van der Waals surface area contributed by atoms with E-state index in [4.69, 9.17) is 10.5 Å². The molecule has 0 aliphatic carbocycles. The largest absolute Gasteiger partial charge is 0.393 e. The van der Waals surface area contributed by atoms with Gasteiger partial charge in [0.15, 0.2) is 11.6 Å². The van der Waals surface area contributed by atoms with Crippen LogP contribution in [0.1, 0.15) is 0 Å². The van der Waals surface area contributed by atoms with Gasteiger partial charge in [-0.1, -0.05) is 18.2 Å². The molecule has 24 heavy (non-hydrogen) atoms. The Morgan fingerprint density at radius 1 is 1.04 bits per heavy atom. The van der Waals surface area contributed by atoms with Crippen LogP contribution in [0.3, 0.4) is 0 Å². The standard InChI is InChI=1S/C17H18N6O/c18-14-16(20-11-21-17(14)23-7-9-24-10-8-23)22-13-5-1-3-12-4-2-6-19-15(12)13/h1-6,11H,7-10,18H2,(H,20,21,22). The van der Waals surface area contributed by atoms with Gasteiger partial charge in [0.1, 0.15) is 12.0 Å². The highest BCUT2D eigenvalue weighted by atomic mass is 16.5. The fraction of sp³-hybridized carbons (Fsp3) is 0.235. The number of nitrogen functional groups attached to an aromatic ring is 1. The minimum atomic E-state index is 0.535. The molecule has 4 rings (SSSR count). The van der Waals surface area contributed by atoms with Gasteiger partial charge in [-0.2, -0.15) is 0 Å². The van der Waals surface area contributed by atoms with Gasteiger partial charge in [-0.05, 0) is 12.1 Å². The summed E-state index contributed by atoms with van der Waals surface area (Å²) in [6, 6.07) is 9.91. The number of hydrogen-bond acceptors (Lipinski definition) is 7. The van der Waals surface area contributed by atoms with E-state index in [9.17, 15) is 0 Å². The number of aromatic nitrogens is 3. The Bertz CT molecular complexity index is 857. The lowest BCUT2D eigenvalue weighted by Gasteiger charge is -2.29. The minimum Gasteiger partial charge on any atom is -0.393 e. The molecule has 7 heteroatoms. The number of ether oxygens (including phenoxy) is 1. The highest BCUT2D eigenvalue weighted by Gasteiger charge is 2.18. The quantitative estimate of drug-likeness (QED) is 0.764. The molecule has 122 valence electrons. The molecular weight excluding hydrogens is 304 g/mol. The molecule has 1 aliphatic heterocycles. The molecular formula is C17H18N6O. The number of hydrogen-bond donors (Lipinski definition) is 2. The van der Waals surface area contributed by atoms with Crippen molar-refractivity contribution in [2.75, 3.05) is 42.3 Å². The molecule has 0 bridgehead atoms. The molecule has 0 unspecified atom stereocenters. The number of nitrogens with two attached hydrogens (primary N) is 1. The molecule has 3 N–H and O–H groups in total. The van der Waals surface area contributed by atoms with Crippen LogP contribution in [-0.4, -0.2) is 41.3 Å². The van der Waals surface area contributed by atoms with Crippen molar-refractivity contribution in [2.24, 2.45) is 0 Å². The first-order valence-electron chi connectivity index (χ1n) is 7.87. The van der Waals surface area contributed by atoms with Gasteiger partial charge < -0.3 is 20.7 Å². The van der Waals surface area contributed by atoms with Crippen LogP contribution in [-0.2, 0) is 4.74 Å². The predicted molar refractivity (Wildman–Crippen MR) is 94.5 cm³/mol. The zero-order valence-corrected chi connectivity index (χ0v) is 13.1. The summed E-state index contributed by atoms with van der Waals surface area (Å²) in [6.07, 6.45) is 3.30. The number of rotatable bonds is 3. The van der Waals surface area contributed by atoms with Gasteiger partial charge >= 0.3 is 0 Å². The van der Waals surface area contributed by atoms with E-state index in [1.807, 2.05) is 30.3 Å². The van der Waals surface area contributed by atoms with Crippen LogP contribution in [0.25, 0.3) is 10.9 Å². The third-order valence-corrected chi connectivity index (χ3v) is 4.06. The van der Waals surface area contributed by atoms with Crippen LogP contribution in [0.2, 0.25) is 0 Å². The lowest BCUT2D eigenvalue weighted by molar-refractivity contribution is 0.122. The molecule has 3 aromatic rings. The van der Waals surface area contributed by atoms with Crippen molar-refractivity contribution in [1.29, 1.82) is 0 Å². The maximum absolute atomic E-state index is 6.32. The van der Waals surface area contributed by atoms with E-state index >= 15 is 0 Å². The highest BCUT2D eigenvalue weighted by Crippen LogP contribution is 2.31. The number of anilines is 4. The Morgan fingerprint density at radius 2 is 1.88 bits per heavy atom. The van der Waals surface area contributed by atoms with Crippen molar-refractivity contribution < 1.29 is 4.74 Å². The SMILES string of the molecule is Nc1c(Nc2cccc3cccnc23)ncnc1N1CCOCC1. The van der Waals surface area contributed by atoms with Gasteiger partial charge in [0.2, 0.25) is 0 Å². The van der Waals surface area contributed by atoms with E-state index in [-0.39, 0.29) is 0 Å². The maximum atomic E-state index is 6.32. The molecule has 1 saturated heterocycles. The van der Waals surface area contributed by atoms with E-state index in [0.717, 1.165) is 35.5 Å². The van der Waals surface area contributed by atoms with Gasteiger partial charge in [-0.25, -0.2) is 9.97 Å². The van der Waals surface area contributed by atoms with Crippen LogP contribution >= 0.6 is 0 Å². The van der Waals surface area contributed by atoms with Crippen LogP contribution < -0.4 is 16.0 Å². The summed E-state index contributed by atoms with van der Waals surface area (Å²) in [5.74, 6) is 1.33. The summed E-state index contributed by atoms with van der Waals surface area (Å²) < 4.78 is 5.39. The van der Waals surface area contributed by atoms with E-state index < -0.39 is 0 Å². The zero-order valence-electron chi connectivity index (χ0n) is 13.1. The average Bonchev–Trinajstić information content (AvgIpc) is 2.64. The fourth-order valence-electron chi connectivity index (χ4n) is 2.85. The van der Waals surface area contributed by atoms with Crippen LogP contribution in [0, 0.1) is 0 Å². The van der Waals surface area contributed by atoms with Crippen molar-refractivity contribution in [3.63, 3.8) is 0 Å². The Balaban J connectivity index is 1.69. The minimum absolute atomic E-state index is 0.535. The number of pyridine rings is 1. The van der Waals surface area contributed by atoms with Crippen molar-refractivity contribution in [1.82, 2.24) is 15.0 Å². The number of morpholine rings is 1. The number of para-hydroxylation sites is 1. The molecule has 0 amide bonds. The molecule has 2 aromatic heterocycles. The monoisotopic (exact) mass is 322 g/mol. The van der Waals surface area contributed by atoms with Crippen LogP contribution in [0.5, 0.6) is 0 Å². The molecule has 0 saturated carbocycles. The normalized spacial score (nSPS) is 14.8. The van der Waals surface area contributed by atoms with E-state index in [2.05, 4.69) is 25.2 Å². The lowest BCUT2D eigenvalue weighted by Crippen LogP contribution is -2.37. The first-order valence-corrected chi connectivity index (χ1v) is 7.87. The van der Waals surface area contributed by atoms with Gasteiger partial charge in [0.25, 0.3) is 0 Å². The lowest BCUT2D eigenvalue weighted by atomic mass is 10.2. The summed E-state index contributed by atoms with van der Waals surface area (Å²) in [5, 5.41) is 4.36. The van der Waals surface area contributed by atoms with Crippen molar-refractivity contribution in [2.45, 2.75) is 0 Å². The predicted octanol–water partition coefficient (Wildman–Crippen LogP) is 2.19. The molecule has 7 nitrogen and oxygen atoms in total. The van der Waals surface area contributed by atoms with Crippen LogP contribution in [0.15, 0.2) is 42.9 Å². The molecule has 0 atom stereocenters. The van der Waals surface area contributed by atoms with Crippen molar-refractivity contribution in [3.8, 4) is 0 Å². The van der Waals surface area contributed by atoms with Gasteiger partial charge in [0, 0.05) is 24.7 Å². The summed E-state index contributed by atoms with van der Waals surface area (Å²) in [6.45, 7) is 2.91. The molecule has 1 aromatic carbocycles. The Morgan fingerprint density at radius 3 is 2.75 bits per heavy atom. The first-order chi connectivity index (χ1) is 11.8. The van der Waals surface area contributed by atoms with Gasteiger partial charge in [-0.3, -0.25) is 4.98 Å². The Labute approximate surface area is 139 Å². The number of fused-ring (bicyclic) bond motifs is 1. The average molecular weight is 322 g/mol. The fourth-order valence-corrected chi connectivity index (χ4v) is 2.85. The van der Waals surface area contributed by atoms with Gasteiger partial charge in [0.05, 0.1) is 24.4 Å². The number of nitrogens with zero attached hydrogens (tertiary/aromatic N) is 4. The smallest absolute Gasteiger partial charge is 0.159 e. The van der Waals surface area contributed by atoms with E-state index in [0.29, 0.717) is 24.7 Å². The second-order valence-electron chi connectivity index (χ2n) is 5.56. The molecule has 0 spiro atoms. The molecule has 1 aliphatic rings. The zero-order chi connectivity index (χ0) is 16.4. The maximum Gasteiger partial charge on any atom is 0.159 e. The summed E-state index contributed by atoms with van der Waals surface area (Å²) in [7, 11) is 0. The number of nitrogens with one attached hydrogen (secondary N) is 1. The van der Waals surface area contributed by atoms with E-state index in [1.165, 1.54) is 6.33 Å². The molecule has 3 heterocycles. The first kappa shape index (κ1) is 14.6. The summed E-state index contributed by atoms with van der Waals surface area (Å²) in [4.78, 5) is 15.2. The third-order valence-electron chi connectivity index (χ3n) is 4.06. The Kier molecular flexibility index (Phi) is 3.84. The van der Waals surface area contributed by atoms with Crippen LogP contribution in [0.4, 0.5) is 23.0 Å². The van der Waals surface area contributed by atoms with E-state index in [1.54, 1.807) is 6.20 Å². The Hall–Kier alpha value is -2.93.